The summed E-state index contributed by atoms with van der Waals surface area (Å²) in [5, 5.41) is 9.11. The van der Waals surface area contributed by atoms with Crippen molar-refractivity contribution in [3.05, 3.63) is 29.3 Å². The van der Waals surface area contributed by atoms with Crippen molar-refractivity contribution in [2.45, 2.75) is 26.4 Å². The Labute approximate surface area is 84.5 Å². The molecule has 14 heavy (non-hydrogen) atoms. The number of rotatable bonds is 4. The van der Waals surface area contributed by atoms with Gasteiger partial charge in [0.05, 0.1) is 13.2 Å². The zero-order chi connectivity index (χ0) is 9.97. The first-order valence-corrected chi connectivity index (χ1v) is 5.13. The molecular formula is C12H16O2. The molecule has 0 radical (unpaired) electrons. The van der Waals surface area contributed by atoms with Gasteiger partial charge in [-0.15, -0.1) is 0 Å². The Kier molecular flexibility index (Phi) is 2.73. The molecule has 0 unspecified atom stereocenters. The summed E-state index contributed by atoms with van der Waals surface area (Å²) in [5.41, 5.74) is 2.06. The van der Waals surface area contributed by atoms with Crippen LogP contribution in [0, 0.1) is 12.8 Å². The number of aliphatic hydroxyl groups excluding tert-OH is 1. The fourth-order valence-corrected chi connectivity index (χ4v) is 1.42. The average molecular weight is 192 g/mol. The maximum Gasteiger partial charge on any atom is 0.125 e. The van der Waals surface area contributed by atoms with Crippen LogP contribution in [0.5, 0.6) is 5.75 Å². The van der Waals surface area contributed by atoms with Crippen LogP contribution in [-0.2, 0) is 6.61 Å². The van der Waals surface area contributed by atoms with Gasteiger partial charge in [0.2, 0.25) is 0 Å². The van der Waals surface area contributed by atoms with E-state index in [1.807, 2.05) is 25.1 Å². The lowest BCUT2D eigenvalue weighted by atomic mass is 10.1. The predicted molar refractivity (Wildman–Crippen MR) is 55.3 cm³/mol. The molecule has 1 fully saturated rings. The Morgan fingerprint density at radius 3 is 2.86 bits per heavy atom. The molecule has 1 saturated carbocycles. The van der Waals surface area contributed by atoms with Gasteiger partial charge in [0.1, 0.15) is 5.75 Å². The fraction of sp³-hybridized carbons (Fsp3) is 0.500. The lowest BCUT2D eigenvalue weighted by molar-refractivity contribution is 0.258. The minimum atomic E-state index is 0.0558. The summed E-state index contributed by atoms with van der Waals surface area (Å²) in [5.74, 6) is 1.60. The number of hydrogen-bond acceptors (Lipinski definition) is 2. The summed E-state index contributed by atoms with van der Waals surface area (Å²) in [6.45, 7) is 2.89. The molecule has 0 atom stereocenters. The highest BCUT2D eigenvalue weighted by atomic mass is 16.5. The second kappa shape index (κ2) is 4.01. The molecule has 0 amide bonds. The summed E-state index contributed by atoms with van der Waals surface area (Å²) in [6.07, 6.45) is 2.58. The van der Waals surface area contributed by atoms with E-state index in [0.717, 1.165) is 23.8 Å². The van der Waals surface area contributed by atoms with Crippen LogP contribution in [0.1, 0.15) is 24.0 Å². The van der Waals surface area contributed by atoms with Crippen molar-refractivity contribution < 1.29 is 9.84 Å². The minimum absolute atomic E-state index is 0.0558. The van der Waals surface area contributed by atoms with Gasteiger partial charge in [0.15, 0.2) is 0 Å². The fourth-order valence-electron chi connectivity index (χ4n) is 1.42. The number of hydrogen-bond donors (Lipinski definition) is 1. The smallest absolute Gasteiger partial charge is 0.125 e. The van der Waals surface area contributed by atoms with E-state index in [9.17, 15) is 0 Å². The van der Waals surface area contributed by atoms with Crippen LogP contribution < -0.4 is 4.74 Å². The Bertz CT molecular complexity index is 316. The highest BCUT2D eigenvalue weighted by Crippen LogP contribution is 2.30. The third-order valence-corrected chi connectivity index (χ3v) is 2.56. The molecule has 1 aliphatic rings. The van der Waals surface area contributed by atoms with E-state index in [1.54, 1.807) is 0 Å². The van der Waals surface area contributed by atoms with Crippen molar-refractivity contribution in [1.29, 1.82) is 0 Å². The SMILES string of the molecule is Cc1ccc(CO)c(OCC2CC2)c1. The van der Waals surface area contributed by atoms with Crippen molar-refractivity contribution in [1.82, 2.24) is 0 Å². The molecule has 2 rings (SSSR count). The Morgan fingerprint density at radius 2 is 2.21 bits per heavy atom. The van der Waals surface area contributed by atoms with Gasteiger partial charge < -0.3 is 9.84 Å². The van der Waals surface area contributed by atoms with Crippen molar-refractivity contribution in [3.8, 4) is 5.75 Å². The molecular weight excluding hydrogens is 176 g/mol. The Hall–Kier alpha value is -1.02. The first-order valence-electron chi connectivity index (χ1n) is 5.13. The van der Waals surface area contributed by atoms with E-state index in [2.05, 4.69) is 0 Å². The van der Waals surface area contributed by atoms with E-state index in [-0.39, 0.29) is 6.61 Å². The summed E-state index contributed by atoms with van der Waals surface area (Å²) in [7, 11) is 0. The minimum Gasteiger partial charge on any atom is -0.493 e. The van der Waals surface area contributed by atoms with Gasteiger partial charge in [0.25, 0.3) is 0 Å². The molecule has 0 bridgehead atoms. The first-order chi connectivity index (χ1) is 6.79. The molecule has 0 aromatic heterocycles. The first kappa shape index (κ1) is 9.53. The van der Waals surface area contributed by atoms with Crippen LogP contribution in [-0.4, -0.2) is 11.7 Å². The van der Waals surface area contributed by atoms with Crippen LogP contribution in [0.3, 0.4) is 0 Å². The molecule has 0 spiro atoms. The van der Waals surface area contributed by atoms with Gasteiger partial charge in [-0.05, 0) is 37.3 Å². The Morgan fingerprint density at radius 1 is 1.43 bits per heavy atom. The van der Waals surface area contributed by atoms with Crippen LogP contribution >= 0.6 is 0 Å². The summed E-state index contributed by atoms with van der Waals surface area (Å²) in [6, 6.07) is 5.92. The van der Waals surface area contributed by atoms with E-state index < -0.39 is 0 Å². The lowest BCUT2D eigenvalue weighted by Crippen LogP contribution is -2.02. The van der Waals surface area contributed by atoms with Gasteiger partial charge in [-0.1, -0.05) is 12.1 Å². The quantitative estimate of drug-likeness (QED) is 0.793. The summed E-state index contributed by atoms with van der Waals surface area (Å²) in [4.78, 5) is 0. The molecule has 0 saturated heterocycles. The molecule has 1 aliphatic carbocycles. The standard InChI is InChI=1S/C12H16O2/c1-9-2-5-11(7-13)12(6-9)14-8-10-3-4-10/h2,5-6,10,13H,3-4,7-8H2,1H3. The third kappa shape index (κ3) is 2.26. The van der Waals surface area contributed by atoms with E-state index in [0.29, 0.717) is 0 Å². The molecule has 2 heteroatoms. The average Bonchev–Trinajstić information content (AvgIpc) is 2.98. The maximum atomic E-state index is 9.11. The topological polar surface area (TPSA) is 29.5 Å². The predicted octanol–water partition coefficient (Wildman–Crippen LogP) is 2.28. The third-order valence-electron chi connectivity index (χ3n) is 2.56. The van der Waals surface area contributed by atoms with Crippen LogP contribution in [0.15, 0.2) is 18.2 Å². The zero-order valence-corrected chi connectivity index (χ0v) is 8.49. The van der Waals surface area contributed by atoms with Crippen molar-refractivity contribution in [2.24, 2.45) is 5.92 Å². The second-order valence-electron chi connectivity index (χ2n) is 4.02. The van der Waals surface area contributed by atoms with Gasteiger partial charge in [0, 0.05) is 5.56 Å². The maximum absolute atomic E-state index is 9.11. The number of benzene rings is 1. The summed E-state index contributed by atoms with van der Waals surface area (Å²) >= 11 is 0. The van der Waals surface area contributed by atoms with E-state index >= 15 is 0 Å². The molecule has 2 nitrogen and oxygen atoms in total. The van der Waals surface area contributed by atoms with Crippen molar-refractivity contribution in [3.63, 3.8) is 0 Å². The van der Waals surface area contributed by atoms with Crippen LogP contribution in [0.4, 0.5) is 0 Å². The molecule has 0 aliphatic heterocycles. The van der Waals surface area contributed by atoms with Crippen LogP contribution in [0.25, 0.3) is 0 Å². The molecule has 76 valence electrons. The molecule has 1 aromatic carbocycles. The largest absolute Gasteiger partial charge is 0.493 e. The lowest BCUT2D eigenvalue weighted by Gasteiger charge is -2.10. The molecule has 1 N–H and O–H groups in total. The van der Waals surface area contributed by atoms with Gasteiger partial charge in [-0.3, -0.25) is 0 Å². The van der Waals surface area contributed by atoms with Crippen molar-refractivity contribution >= 4 is 0 Å². The highest BCUT2D eigenvalue weighted by Gasteiger charge is 2.22. The number of aliphatic hydroxyl groups is 1. The molecule has 1 aromatic rings. The van der Waals surface area contributed by atoms with E-state index in [1.165, 1.54) is 18.4 Å². The number of aryl methyl sites for hydroxylation is 1. The van der Waals surface area contributed by atoms with Gasteiger partial charge in [-0.2, -0.15) is 0 Å². The van der Waals surface area contributed by atoms with E-state index in [4.69, 9.17) is 9.84 Å². The normalized spacial score (nSPS) is 15.6. The molecule has 0 heterocycles. The number of ether oxygens (including phenoxy) is 1. The Balaban J connectivity index is 2.07. The summed E-state index contributed by atoms with van der Waals surface area (Å²) < 4.78 is 5.67. The van der Waals surface area contributed by atoms with Gasteiger partial charge in [-0.25, -0.2) is 0 Å². The highest BCUT2D eigenvalue weighted by molar-refractivity contribution is 5.36. The van der Waals surface area contributed by atoms with Gasteiger partial charge >= 0.3 is 0 Å². The second-order valence-corrected chi connectivity index (χ2v) is 4.02. The van der Waals surface area contributed by atoms with Crippen LogP contribution in [0.2, 0.25) is 0 Å². The van der Waals surface area contributed by atoms with Crippen molar-refractivity contribution in [2.75, 3.05) is 6.61 Å². The monoisotopic (exact) mass is 192 g/mol. The zero-order valence-electron chi connectivity index (χ0n) is 8.49.